The third-order valence-electron chi connectivity index (χ3n) is 1.96. The van der Waals surface area contributed by atoms with Crippen LogP contribution in [0.3, 0.4) is 0 Å². The fourth-order valence-corrected chi connectivity index (χ4v) is 1.23. The van der Waals surface area contributed by atoms with Crippen LogP contribution in [-0.4, -0.2) is 38.3 Å². The minimum absolute atomic E-state index is 0.110. The monoisotopic (exact) mass is 230 g/mol. The first-order chi connectivity index (χ1) is 7.52. The van der Waals surface area contributed by atoms with Gasteiger partial charge in [-0.3, -0.25) is 4.79 Å². The van der Waals surface area contributed by atoms with E-state index in [0.717, 1.165) is 6.54 Å². The summed E-state index contributed by atoms with van der Waals surface area (Å²) in [7, 11) is 0. The molecule has 0 aliphatic rings. The van der Waals surface area contributed by atoms with Crippen molar-refractivity contribution >= 4 is 5.91 Å². The summed E-state index contributed by atoms with van der Waals surface area (Å²) in [5.41, 5.74) is 0. The predicted octanol–water partition coefficient (Wildman–Crippen LogP) is 1.16. The lowest BCUT2D eigenvalue weighted by atomic mass is 10.1. The molecule has 0 atom stereocenters. The quantitative estimate of drug-likeness (QED) is 0.584. The molecule has 0 saturated carbocycles. The van der Waals surface area contributed by atoms with Crippen molar-refractivity contribution in [1.29, 1.82) is 0 Å². The van der Waals surface area contributed by atoms with Crippen molar-refractivity contribution in [2.24, 2.45) is 5.92 Å². The second-order valence-electron chi connectivity index (χ2n) is 4.67. The minimum Gasteiger partial charge on any atom is -0.378 e. The van der Waals surface area contributed by atoms with Crippen LogP contribution in [-0.2, 0) is 9.53 Å². The first kappa shape index (κ1) is 15.4. The first-order valence-corrected chi connectivity index (χ1v) is 6.10. The molecule has 0 rings (SSSR count). The molecule has 4 nitrogen and oxygen atoms in total. The molecule has 16 heavy (non-hydrogen) atoms. The summed E-state index contributed by atoms with van der Waals surface area (Å²) in [6.45, 7) is 11.0. The van der Waals surface area contributed by atoms with E-state index >= 15 is 0 Å². The summed E-state index contributed by atoms with van der Waals surface area (Å²) in [6, 6.07) is 0.495. The van der Waals surface area contributed by atoms with Crippen LogP contribution in [0, 0.1) is 5.92 Å². The Morgan fingerprint density at radius 1 is 1.12 bits per heavy atom. The summed E-state index contributed by atoms with van der Waals surface area (Å²) in [4.78, 5) is 11.3. The van der Waals surface area contributed by atoms with E-state index in [1.807, 2.05) is 13.8 Å². The van der Waals surface area contributed by atoms with Gasteiger partial charge in [-0.1, -0.05) is 27.7 Å². The summed E-state index contributed by atoms with van der Waals surface area (Å²) in [6.07, 6.45) is 0.592. The van der Waals surface area contributed by atoms with Crippen LogP contribution in [0.1, 0.15) is 34.1 Å². The molecule has 0 bridgehead atoms. The van der Waals surface area contributed by atoms with Crippen molar-refractivity contribution in [2.45, 2.75) is 40.2 Å². The molecule has 1 amide bonds. The van der Waals surface area contributed by atoms with Crippen LogP contribution in [0.5, 0.6) is 0 Å². The van der Waals surface area contributed by atoms with Gasteiger partial charge in [0.25, 0.3) is 0 Å². The third kappa shape index (κ3) is 11.5. The Balaban J connectivity index is 3.18. The maximum absolute atomic E-state index is 11.3. The fraction of sp³-hybridized carbons (Fsp3) is 0.917. The fourth-order valence-electron chi connectivity index (χ4n) is 1.23. The topological polar surface area (TPSA) is 50.4 Å². The SMILES string of the molecule is CC(C)CC(=O)NCCOCCNC(C)C. The Bertz CT molecular complexity index is 182. The van der Waals surface area contributed by atoms with E-state index in [4.69, 9.17) is 4.74 Å². The van der Waals surface area contributed by atoms with Crippen LogP contribution >= 0.6 is 0 Å². The zero-order valence-electron chi connectivity index (χ0n) is 11.0. The molecule has 2 N–H and O–H groups in total. The predicted molar refractivity (Wildman–Crippen MR) is 66.4 cm³/mol. The van der Waals surface area contributed by atoms with Crippen LogP contribution in [0.4, 0.5) is 0 Å². The van der Waals surface area contributed by atoms with Crippen molar-refractivity contribution in [3.05, 3.63) is 0 Å². The molecule has 0 radical (unpaired) electrons. The van der Waals surface area contributed by atoms with Gasteiger partial charge in [0.2, 0.25) is 5.91 Å². The third-order valence-corrected chi connectivity index (χ3v) is 1.96. The highest BCUT2D eigenvalue weighted by Gasteiger charge is 2.02. The second-order valence-corrected chi connectivity index (χ2v) is 4.67. The van der Waals surface area contributed by atoms with Crippen molar-refractivity contribution in [3.63, 3.8) is 0 Å². The van der Waals surface area contributed by atoms with Gasteiger partial charge >= 0.3 is 0 Å². The molecule has 0 fully saturated rings. The number of nitrogens with one attached hydrogen (secondary N) is 2. The summed E-state index contributed by atoms with van der Waals surface area (Å²) in [5.74, 6) is 0.523. The highest BCUT2D eigenvalue weighted by Crippen LogP contribution is 1.97. The van der Waals surface area contributed by atoms with Gasteiger partial charge in [0.15, 0.2) is 0 Å². The van der Waals surface area contributed by atoms with Crippen molar-refractivity contribution < 1.29 is 9.53 Å². The van der Waals surface area contributed by atoms with Crippen LogP contribution in [0.15, 0.2) is 0 Å². The van der Waals surface area contributed by atoms with Crippen LogP contribution < -0.4 is 10.6 Å². The zero-order chi connectivity index (χ0) is 12.4. The van der Waals surface area contributed by atoms with E-state index in [0.29, 0.717) is 38.1 Å². The maximum atomic E-state index is 11.3. The second kappa shape index (κ2) is 9.60. The van der Waals surface area contributed by atoms with E-state index in [-0.39, 0.29) is 5.91 Å². The molecule has 96 valence electrons. The normalized spacial score (nSPS) is 11.1. The van der Waals surface area contributed by atoms with E-state index < -0.39 is 0 Å². The molecule has 0 aromatic rings. The van der Waals surface area contributed by atoms with Gasteiger partial charge in [-0.2, -0.15) is 0 Å². The summed E-state index contributed by atoms with van der Waals surface area (Å²) in [5, 5.41) is 6.09. The Morgan fingerprint density at radius 3 is 2.31 bits per heavy atom. The van der Waals surface area contributed by atoms with Gasteiger partial charge in [-0.25, -0.2) is 0 Å². The lowest BCUT2D eigenvalue weighted by Gasteiger charge is -2.09. The summed E-state index contributed by atoms with van der Waals surface area (Å²) < 4.78 is 5.36. The maximum Gasteiger partial charge on any atom is 0.220 e. The lowest BCUT2D eigenvalue weighted by Crippen LogP contribution is -2.30. The van der Waals surface area contributed by atoms with Gasteiger partial charge in [0.05, 0.1) is 13.2 Å². The summed E-state index contributed by atoms with van der Waals surface area (Å²) >= 11 is 0. The Labute approximate surface area is 99.1 Å². The number of carbonyl (C=O) groups is 1. The average Bonchev–Trinajstić information content (AvgIpc) is 2.14. The van der Waals surface area contributed by atoms with Crippen LogP contribution in [0.25, 0.3) is 0 Å². The Kier molecular flexibility index (Phi) is 9.24. The van der Waals surface area contributed by atoms with Gasteiger partial charge in [-0.15, -0.1) is 0 Å². The number of hydrogen-bond acceptors (Lipinski definition) is 3. The van der Waals surface area contributed by atoms with Crippen molar-refractivity contribution in [2.75, 3.05) is 26.3 Å². The number of amides is 1. The van der Waals surface area contributed by atoms with E-state index in [1.165, 1.54) is 0 Å². The smallest absolute Gasteiger partial charge is 0.220 e. The first-order valence-electron chi connectivity index (χ1n) is 6.10. The largest absolute Gasteiger partial charge is 0.378 e. The number of hydrogen-bond donors (Lipinski definition) is 2. The molecular weight excluding hydrogens is 204 g/mol. The highest BCUT2D eigenvalue weighted by atomic mass is 16.5. The minimum atomic E-state index is 0.110. The Hall–Kier alpha value is -0.610. The molecule has 0 aliphatic heterocycles. The molecule has 0 unspecified atom stereocenters. The van der Waals surface area contributed by atoms with Crippen molar-refractivity contribution in [3.8, 4) is 0 Å². The van der Waals surface area contributed by atoms with Crippen molar-refractivity contribution in [1.82, 2.24) is 10.6 Å². The number of rotatable bonds is 9. The standard InChI is InChI=1S/C12H26N2O2/c1-10(2)9-12(15)14-6-8-16-7-5-13-11(3)4/h10-11,13H,5-9H2,1-4H3,(H,14,15). The Morgan fingerprint density at radius 2 is 1.75 bits per heavy atom. The molecule has 0 aromatic heterocycles. The van der Waals surface area contributed by atoms with E-state index in [2.05, 4.69) is 24.5 Å². The number of carbonyl (C=O) groups excluding carboxylic acids is 1. The number of ether oxygens (including phenoxy) is 1. The highest BCUT2D eigenvalue weighted by molar-refractivity contribution is 5.75. The average molecular weight is 230 g/mol. The van der Waals surface area contributed by atoms with Gasteiger partial charge in [0.1, 0.15) is 0 Å². The van der Waals surface area contributed by atoms with Gasteiger partial charge in [-0.05, 0) is 5.92 Å². The van der Waals surface area contributed by atoms with E-state index in [9.17, 15) is 4.79 Å². The van der Waals surface area contributed by atoms with Crippen LogP contribution in [0.2, 0.25) is 0 Å². The van der Waals surface area contributed by atoms with E-state index in [1.54, 1.807) is 0 Å². The molecule has 0 aliphatic carbocycles. The zero-order valence-corrected chi connectivity index (χ0v) is 11.0. The molecule has 0 saturated heterocycles. The molecule has 0 heterocycles. The molecule has 4 heteroatoms. The van der Waals surface area contributed by atoms with Gasteiger partial charge < -0.3 is 15.4 Å². The van der Waals surface area contributed by atoms with Gasteiger partial charge in [0, 0.05) is 25.6 Å². The lowest BCUT2D eigenvalue weighted by molar-refractivity contribution is -0.122. The molecule has 0 aromatic carbocycles. The molecular formula is C12H26N2O2. The molecule has 0 spiro atoms.